The number of piperazine rings is 1. The van der Waals surface area contributed by atoms with E-state index in [-0.39, 0.29) is 5.91 Å². The van der Waals surface area contributed by atoms with Crippen LogP contribution >= 0.6 is 0 Å². The maximum Gasteiger partial charge on any atom is 0.253 e. The Balaban J connectivity index is 1.43. The van der Waals surface area contributed by atoms with Crippen molar-refractivity contribution in [3.63, 3.8) is 0 Å². The van der Waals surface area contributed by atoms with Crippen molar-refractivity contribution in [1.82, 2.24) is 14.9 Å². The Morgan fingerprint density at radius 1 is 0.867 bits per heavy atom. The van der Waals surface area contributed by atoms with Crippen LogP contribution in [-0.2, 0) is 0 Å². The number of aromatic nitrogens is 2. The molecule has 1 saturated heterocycles. The lowest BCUT2D eigenvalue weighted by Crippen LogP contribution is -2.49. The van der Waals surface area contributed by atoms with E-state index in [1.165, 1.54) is 5.56 Å². The Kier molecular flexibility index (Phi) is 5.65. The minimum absolute atomic E-state index is 0.0877. The van der Waals surface area contributed by atoms with Crippen molar-refractivity contribution in [2.45, 2.75) is 20.8 Å². The van der Waals surface area contributed by atoms with Crippen molar-refractivity contribution < 1.29 is 9.53 Å². The molecule has 0 atom stereocenters. The molecule has 3 aromatic rings. The van der Waals surface area contributed by atoms with Gasteiger partial charge in [-0.15, -0.1) is 0 Å². The fraction of sp³-hybridized carbons (Fsp3) is 0.292. The van der Waals surface area contributed by atoms with Crippen molar-refractivity contribution in [2.24, 2.45) is 0 Å². The van der Waals surface area contributed by atoms with Crippen LogP contribution in [0.2, 0.25) is 0 Å². The fourth-order valence-electron chi connectivity index (χ4n) is 3.54. The van der Waals surface area contributed by atoms with Gasteiger partial charge in [0.1, 0.15) is 17.4 Å². The third kappa shape index (κ3) is 4.43. The number of hydrogen-bond donors (Lipinski definition) is 0. The van der Waals surface area contributed by atoms with Crippen LogP contribution in [0.1, 0.15) is 27.3 Å². The monoisotopic (exact) mass is 402 g/mol. The lowest BCUT2D eigenvalue weighted by Gasteiger charge is -2.35. The number of hydrogen-bond acceptors (Lipinski definition) is 5. The smallest absolute Gasteiger partial charge is 0.253 e. The second kappa shape index (κ2) is 8.53. The first-order valence-electron chi connectivity index (χ1n) is 10.2. The molecule has 6 nitrogen and oxygen atoms in total. The number of nitrogens with zero attached hydrogens (tertiary/aromatic N) is 4. The van der Waals surface area contributed by atoms with E-state index in [1.54, 1.807) is 0 Å². The van der Waals surface area contributed by atoms with Crippen LogP contribution in [0.3, 0.4) is 0 Å². The van der Waals surface area contributed by atoms with Gasteiger partial charge in [0.15, 0.2) is 0 Å². The normalized spacial score (nSPS) is 14.0. The van der Waals surface area contributed by atoms with Crippen LogP contribution < -0.4 is 9.64 Å². The van der Waals surface area contributed by atoms with E-state index in [0.717, 1.165) is 35.8 Å². The van der Waals surface area contributed by atoms with Gasteiger partial charge < -0.3 is 14.5 Å². The molecule has 1 aliphatic rings. The van der Waals surface area contributed by atoms with Gasteiger partial charge in [0, 0.05) is 37.8 Å². The minimum atomic E-state index is 0.0877. The Labute approximate surface area is 177 Å². The second-order valence-electron chi connectivity index (χ2n) is 7.60. The van der Waals surface area contributed by atoms with Gasteiger partial charge in [-0.05, 0) is 56.2 Å². The molecule has 0 saturated carbocycles. The Morgan fingerprint density at radius 2 is 1.60 bits per heavy atom. The van der Waals surface area contributed by atoms with Crippen molar-refractivity contribution in [1.29, 1.82) is 0 Å². The highest BCUT2D eigenvalue weighted by Crippen LogP contribution is 2.24. The zero-order valence-electron chi connectivity index (χ0n) is 17.6. The predicted octanol–water partition coefficient (Wildman–Crippen LogP) is 4.16. The van der Waals surface area contributed by atoms with Gasteiger partial charge in [0.05, 0.1) is 0 Å². The van der Waals surface area contributed by atoms with Gasteiger partial charge in [-0.3, -0.25) is 4.79 Å². The van der Waals surface area contributed by atoms with Gasteiger partial charge in [-0.2, -0.15) is 4.98 Å². The molecule has 0 unspecified atom stereocenters. The van der Waals surface area contributed by atoms with Crippen LogP contribution in [0.4, 0.5) is 5.82 Å². The molecule has 2 aromatic carbocycles. The Bertz CT molecular complexity index is 1040. The number of ether oxygens (including phenoxy) is 1. The van der Waals surface area contributed by atoms with E-state index in [2.05, 4.69) is 21.8 Å². The Morgan fingerprint density at radius 3 is 2.30 bits per heavy atom. The summed E-state index contributed by atoms with van der Waals surface area (Å²) >= 11 is 0. The highest BCUT2D eigenvalue weighted by molar-refractivity contribution is 5.94. The van der Waals surface area contributed by atoms with Crippen molar-refractivity contribution in [3.8, 4) is 11.6 Å². The molecule has 0 radical (unpaired) electrons. The van der Waals surface area contributed by atoms with E-state index in [1.807, 2.05) is 73.3 Å². The molecular formula is C24H26N4O2. The molecule has 0 spiro atoms. The highest BCUT2D eigenvalue weighted by Gasteiger charge is 2.23. The molecule has 1 fully saturated rings. The topological polar surface area (TPSA) is 58.6 Å². The van der Waals surface area contributed by atoms with E-state index in [0.29, 0.717) is 24.8 Å². The molecule has 4 rings (SSSR count). The third-order valence-electron chi connectivity index (χ3n) is 5.41. The molecule has 1 amide bonds. The van der Waals surface area contributed by atoms with Crippen molar-refractivity contribution in [3.05, 3.63) is 77.1 Å². The van der Waals surface area contributed by atoms with Crippen LogP contribution in [-0.4, -0.2) is 47.0 Å². The largest absolute Gasteiger partial charge is 0.439 e. The number of para-hydroxylation sites is 1. The van der Waals surface area contributed by atoms with E-state index < -0.39 is 0 Å². The number of aryl methyl sites for hydroxylation is 3. The molecule has 0 bridgehead atoms. The highest BCUT2D eigenvalue weighted by atomic mass is 16.5. The van der Waals surface area contributed by atoms with E-state index in [9.17, 15) is 4.79 Å². The molecular weight excluding hydrogens is 376 g/mol. The fourth-order valence-corrected chi connectivity index (χ4v) is 3.54. The lowest BCUT2D eigenvalue weighted by molar-refractivity contribution is 0.0746. The number of benzene rings is 2. The molecule has 30 heavy (non-hydrogen) atoms. The number of carbonyl (C=O) groups is 1. The van der Waals surface area contributed by atoms with Crippen molar-refractivity contribution >= 4 is 11.7 Å². The van der Waals surface area contributed by atoms with Gasteiger partial charge in [0.2, 0.25) is 5.88 Å². The number of rotatable bonds is 4. The summed E-state index contributed by atoms with van der Waals surface area (Å²) in [5.74, 6) is 2.84. The molecule has 0 aliphatic carbocycles. The summed E-state index contributed by atoms with van der Waals surface area (Å²) in [6, 6.07) is 17.4. The first-order valence-corrected chi connectivity index (χ1v) is 10.2. The van der Waals surface area contributed by atoms with E-state index >= 15 is 0 Å². The lowest BCUT2D eigenvalue weighted by atomic mass is 10.1. The maximum atomic E-state index is 12.9. The van der Waals surface area contributed by atoms with Gasteiger partial charge in [0.25, 0.3) is 5.91 Å². The minimum Gasteiger partial charge on any atom is -0.439 e. The zero-order chi connectivity index (χ0) is 21.1. The van der Waals surface area contributed by atoms with Crippen LogP contribution in [0, 0.1) is 20.8 Å². The third-order valence-corrected chi connectivity index (χ3v) is 5.41. The van der Waals surface area contributed by atoms with Gasteiger partial charge in [-0.25, -0.2) is 4.98 Å². The standard InChI is InChI=1S/C24H26N4O2/c1-17-9-10-20(15-18(17)2)24(29)28-13-11-27(12-14-28)22-16-23(26-19(3)25-22)30-21-7-5-4-6-8-21/h4-10,15-16H,11-14H2,1-3H3. The van der Waals surface area contributed by atoms with Crippen molar-refractivity contribution in [2.75, 3.05) is 31.1 Å². The SMILES string of the molecule is Cc1nc(Oc2ccccc2)cc(N2CCN(C(=O)c3ccc(C)c(C)c3)CC2)n1. The number of carbonyl (C=O) groups excluding carboxylic acids is 1. The Hall–Kier alpha value is -3.41. The zero-order valence-corrected chi connectivity index (χ0v) is 17.6. The summed E-state index contributed by atoms with van der Waals surface area (Å²) in [7, 11) is 0. The molecule has 2 heterocycles. The predicted molar refractivity (Wildman–Crippen MR) is 117 cm³/mol. The molecule has 154 valence electrons. The number of anilines is 1. The van der Waals surface area contributed by atoms with Gasteiger partial charge >= 0.3 is 0 Å². The van der Waals surface area contributed by atoms with Crippen LogP contribution in [0.15, 0.2) is 54.6 Å². The molecule has 1 aromatic heterocycles. The summed E-state index contributed by atoms with van der Waals surface area (Å²) in [6.45, 7) is 8.71. The molecule has 1 aliphatic heterocycles. The quantitative estimate of drug-likeness (QED) is 0.656. The molecule has 0 N–H and O–H groups in total. The summed E-state index contributed by atoms with van der Waals surface area (Å²) < 4.78 is 5.89. The summed E-state index contributed by atoms with van der Waals surface area (Å²) in [6.07, 6.45) is 0. The first-order chi connectivity index (χ1) is 14.5. The first kappa shape index (κ1) is 19.9. The van der Waals surface area contributed by atoms with Crippen LogP contribution in [0.25, 0.3) is 0 Å². The van der Waals surface area contributed by atoms with Gasteiger partial charge in [-0.1, -0.05) is 24.3 Å². The summed E-state index contributed by atoms with van der Waals surface area (Å²) in [5.41, 5.74) is 3.09. The average molecular weight is 402 g/mol. The van der Waals surface area contributed by atoms with E-state index in [4.69, 9.17) is 4.74 Å². The molecule has 6 heteroatoms. The van der Waals surface area contributed by atoms with Crippen LogP contribution in [0.5, 0.6) is 11.6 Å². The maximum absolute atomic E-state index is 12.9. The summed E-state index contributed by atoms with van der Waals surface area (Å²) in [5, 5.41) is 0. The number of amides is 1. The second-order valence-corrected chi connectivity index (χ2v) is 7.60. The average Bonchev–Trinajstić information content (AvgIpc) is 2.75. The summed E-state index contributed by atoms with van der Waals surface area (Å²) in [4.78, 5) is 25.9.